The van der Waals surface area contributed by atoms with E-state index in [1.54, 1.807) is 24.3 Å². The van der Waals surface area contributed by atoms with Gasteiger partial charge in [0.1, 0.15) is 0 Å². The van der Waals surface area contributed by atoms with E-state index >= 15 is 0 Å². The molecule has 1 unspecified atom stereocenters. The van der Waals surface area contributed by atoms with Crippen LogP contribution >= 0.6 is 0 Å². The van der Waals surface area contributed by atoms with Crippen molar-refractivity contribution in [1.82, 2.24) is 5.32 Å². The van der Waals surface area contributed by atoms with Crippen LogP contribution in [0.2, 0.25) is 0 Å². The number of anilines is 1. The van der Waals surface area contributed by atoms with Crippen LogP contribution in [0, 0.1) is 0 Å². The zero-order valence-corrected chi connectivity index (χ0v) is 15.1. The fourth-order valence-electron chi connectivity index (χ4n) is 3.08. The van der Waals surface area contributed by atoms with Crippen molar-refractivity contribution >= 4 is 21.6 Å². The van der Waals surface area contributed by atoms with E-state index in [4.69, 9.17) is 0 Å². The Hall–Kier alpha value is -2.55. The minimum Gasteiger partial charge on any atom is -0.345 e. The van der Waals surface area contributed by atoms with Crippen LogP contribution in [0.3, 0.4) is 0 Å². The normalized spacial score (nSPS) is 17.3. The fourth-order valence-corrected chi connectivity index (χ4v) is 4.04. The van der Waals surface area contributed by atoms with Gasteiger partial charge in [0.25, 0.3) is 5.91 Å². The molecule has 3 rings (SSSR count). The summed E-state index contributed by atoms with van der Waals surface area (Å²) in [4.78, 5) is 12.4. The highest BCUT2D eigenvalue weighted by Crippen LogP contribution is 2.35. The van der Waals surface area contributed by atoms with Gasteiger partial charge >= 0.3 is 6.18 Å². The standard InChI is InChI=1S/C18H17F3N2O3S/c1-27(25,26)23-11-10-15(14-4-2-3-5-16(14)23)22-17(24)12-6-8-13(9-7-12)18(19,20)21/h2-9,15H,10-11H2,1H3,(H,22,24). The van der Waals surface area contributed by atoms with Gasteiger partial charge in [-0.15, -0.1) is 0 Å². The lowest BCUT2D eigenvalue weighted by Gasteiger charge is -2.34. The van der Waals surface area contributed by atoms with Crippen molar-refractivity contribution in [3.05, 3.63) is 65.2 Å². The largest absolute Gasteiger partial charge is 0.416 e. The third kappa shape index (κ3) is 4.08. The molecule has 0 saturated carbocycles. The SMILES string of the molecule is CS(=O)(=O)N1CCC(NC(=O)c2ccc(C(F)(F)F)cc2)c2ccccc21. The van der Waals surface area contributed by atoms with Gasteiger partial charge in [-0.3, -0.25) is 9.10 Å². The van der Waals surface area contributed by atoms with Crippen molar-refractivity contribution in [3.8, 4) is 0 Å². The highest BCUT2D eigenvalue weighted by atomic mass is 32.2. The number of fused-ring (bicyclic) bond motifs is 1. The smallest absolute Gasteiger partial charge is 0.345 e. The number of nitrogens with zero attached hydrogens (tertiary/aromatic N) is 1. The molecule has 1 amide bonds. The molecule has 0 aromatic heterocycles. The summed E-state index contributed by atoms with van der Waals surface area (Å²) >= 11 is 0. The Morgan fingerprint density at radius 1 is 1.11 bits per heavy atom. The predicted molar refractivity (Wildman–Crippen MR) is 94.9 cm³/mol. The lowest BCUT2D eigenvalue weighted by Crippen LogP contribution is -2.40. The Kier molecular flexibility index (Phi) is 4.90. The van der Waals surface area contributed by atoms with E-state index < -0.39 is 33.7 Å². The molecule has 27 heavy (non-hydrogen) atoms. The van der Waals surface area contributed by atoms with Crippen LogP contribution in [0.25, 0.3) is 0 Å². The lowest BCUT2D eigenvalue weighted by molar-refractivity contribution is -0.137. The van der Waals surface area contributed by atoms with E-state index in [1.807, 2.05) is 0 Å². The summed E-state index contributed by atoms with van der Waals surface area (Å²) < 4.78 is 63.1. The van der Waals surface area contributed by atoms with Gasteiger partial charge in [-0.1, -0.05) is 18.2 Å². The number of carbonyl (C=O) groups excluding carboxylic acids is 1. The Balaban J connectivity index is 1.82. The number of hydrogen-bond acceptors (Lipinski definition) is 3. The topological polar surface area (TPSA) is 66.5 Å². The van der Waals surface area contributed by atoms with Crippen molar-refractivity contribution in [2.24, 2.45) is 0 Å². The fraction of sp³-hybridized carbons (Fsp3) is 0.278. The molecule has 1 atom stereocenters. The van der Waals surface area contributed by atoms with E-state index in [2.05, 4.69) is 5.32 Å². The number of nitrogens with one attached hydrogen (secondary N) is 1. The van der Waals surface area contributed by atoms with Crippen LogP contribution in [-0.2, 0) is 16.2 Å². The maximum Gasteiger partial charge on any atom is 0.416 e. The number of hydrogen-bond donors (Lipinski definition) is 1. The van der Waals surface area contributed by atoms with E-state index in [0.717, 1.165) is 30.5 Å². The van der Waals surface area contributed by atoms with Crippen LogP contribution in [0.1, 0.15) is 33.9 Å². The number of sulfonamides is 1. The summed E-state index contributed by atoms with van der Waals surface area (Å²) in [5, 5.41) is 2.78. The highest BCUT2D eigenvalue weighted by molar-refractivity contribution is 7.92. The maximum atomic E-state index is 12.6. The Morgan fingerprint density at radius 2 is 1.74 bits per heavy atom. The first-order valence-corrected chi connectivity index (χ1v) is 9.97. The third-order valence-electron chi connectivity index (χ3n) is 4.38. The molecular formula is C18H17F3N2O3S. The van der Waals surface area contributed by atoms with Gasteiger partial charge in [-0.25, -0.2) is 8.42 Å². The zero-order valence-electron chi connectivity index (χ0n) is 14.3. The average molecular weight is 398 g/mol. The number of benzene rings is 2. The first-order chi connectivity index (χ1) is 12.6. The molecule has 9 heteroatoms. The maximum absolute atomic E-state index is 12.6. The van der Waals surface area contributed by atoms with Gasteiger partial charge < -0.3 is 5.32 Å². The van der Waals surface area contributed by atoms with Crippen LogP contribution < -0.4 is 9.62 Å². The quantitative estimate of drug-likeness (QED) is 0.862. The second-order valence-corrected chi connectivity index (χ2v) is 8.19. The van der Waals surface area contributed by atoms with Gasteiger partial charge in [0, 0.05) is 12.1 Å². The highest BCUT2D eigenvalue weighted by Gasteiger charge is 2.32. The molecule has 0 fully saturated rings. The first-order valence-electron chi connectivity index (χ1n) is 8.12. The molecule has 0 bridgehead atoms. The second-order valence-electron chi connectivity index (χ2n) is 6.28. The van der Waals surface area contributed by atoms with Crippen LogP contribution in [0.15, 0.2) is 48.5 Å². The summed E-state index contributed by atoms with van der Waals surface area (Å²) in [7, 11) is -3.45. The monoisotopic (exact) mass is 398 g/mol. The zero-order chi connectivity index (χ0) is 19.8. The molecule has 0 aliphatic carbocycles. The Bertz CT molecular complexity index is 957. The number of alkyl halides is 3. The summed E-state index contributed by atoms with van der Waals surface area (Å²) in [6, 6.07) is 10.3. The van der Waals surface area contributed by atoms with Crippen molar-refractivity contribution in [3.63, 3.8) is 0 Å². The van der Waals surface area contributed by atoms with Crippen LogP contribution in [0.5, 0.6) is 0 Å². The molecule has 0 spiro atoms. The first kappa shape index (κ1) is 19.2. The number of carbonyl (C=O) groups is 1. The van der Waals surface area contributed by atoms with Gasteiger partial charge in [0.05, 0.1) is 23.5 Å². The van der Waals surface area contributed by atoms with Crippen molar-refractivity contribution in [2.75, 3.05) is 17.1 Å². The van der Waals surface area contributed by atoms with Gasteiger partial charge in [0.2, 0.25) is 10.0 Å². The number of halogens is 3. The predicted octanol–water partition coefficient (Wildman–Crippen LogP) is 3.35. The molecule has 2 aromatic rings. The summed E-state index contributed by atoms with van der Waals surface area (Å²) in [5.74, 6) is -0.517. The second kappa shape index (κ2) is 6.88. The lowest BCUT2D eigenvalue weighted by atomic mass is 9.97. The molecule has 1 heterocycles. The van der Waals surface area contributed by atoms with Gasteiger partial charge in [-0.2, -0.15) is 13.2 Å². The molecular weight excluding hydrogens is 381 g/mol. The van der Waals surface area contributed by atoms with E-state index in [-0.39, 0.29) is 12.1 Å². The minimum absolute atomic E-state index is 0.103. The third-order valence-corrected chi connectivity index (χ3v) is 5.56. The van der Waals surface area contributed by atoms with Crippen molar-refractivity contribution in [1.29, 1.82) is 0 Å². The number of para-hydroxylation sites is 1. The van der Waals surface area contributed by atoms with E-state index in [9.17, 15) is 26.4 Å². The molecule has 5 nitrogen and oxygen atoms in total. The van der Waals surface area contributed by atoms with Crippen LogP contribution in [-0.4, -0.2) is 27.1 Å². The summed E-state index contributed by atoms with van der Waals surface area (Å²) in [6.07, 6.45) is -2.99. The summed E-state index contributed by atoms with van der Waals surface area (Å²) in [6.45, 7) is 0.202. The Labute approximate surface area is 154 Å². The van der Waals surface area contributed by atoms with Crippen molar-refractivity contribution < 1.29 is 26.4 Å². The van der Waals surface area contributed by atoms with Gasteiger partial charge in [-0.05, 0) is 42.3 Å². The number of amides is 1. The molecule has 144 valence electrons. The van der Waals surface area contributed by atoms with E-state index in [0.29, 0.717) is 17.7 Å². The molecule has 2 aromatic carbocycles. The number of rotatable bonds is 3. The summed E-state index contributed by atoms with van der Waals surface area (Å²) in [5.41, 5.74) is 0.412. The molecule has 1 N–H and O–H groups in total. The van der Waals surface area contributed by atoms with Crippen molar-refractivity contribution in [2.45, 2.75) is 18.6 Å². The molecule has 1 aliphatic heterocycles. The van der Waals surface area contributed by atoms with Crippen LogP contribution in [0.4, 0.5) is 18.9 Å². The molecule has 0 saturated heterocycles. The minimum atomic E-state index is -4.47. The van der Waals surface area contributed by atoms with Gasteiger partial charge in [0.15, 0.2) is 0 Å². The average Bonchev–Trinajstić information content (AvgIpc) is 2.60. The Morgan fingerprint density at radius 3 is 2.33 bits per heavy atom. The van der Waals surface area contributed by atoms with E-state index in [1.165, 1.54) is 4.31 Å². The molecule has 1 aliphatic rings. The molecule has 0 radical (unpaired) electrons.